The topological polar surface area (TPSA) is 54.9 Å². The third-order valence-electron chi connectivity index (χ3n) is 4.41. The first-order valence-electron chi connectivity index (χ1n) is 8.90. The van der Waals surface area contributed by atoms with Gasteiger partial charge in [-0.2, -0.15) is 13.2 Å². The van der Waals surface area contributed by atoms with Gasteiger partial charge < -0.3 is 5.32 Å². The number of carbonyl (C=O) groups is 1. The van der Waals surface area contributed by atoms with Gasteiger partial charge in [-0.15, -0.1) is 0 Å². The van der Waals surface area contributed by atoms with Crippen molar-refractivity contribution in [3.63, 3.8) is 0 Å². The molecule has 0 aliphatic rings. The molecular formula is C21H15ClF5N3O. The van der Waals surface area contributed by atoms with Crippen LogP contribution in [-0.2, 0) is 11.8 Å². The van der Waals surface area contributed by atoms with Gasteiger partial charge in [0, 0.05) is 18.0 Å². The van der Waals surface area contributed by atoms with Crippen molar-refractivity contribution in [1.82, 2.24) is 15.3 Å². The van der Waals surface area contributed by atoms with Crippen molar-refractivity contribution in [3.8, 4) is 11.1 Å². The summed E-state index contributed by atoms with van der Waals surface area (Å²) in [5, 5.41) is 2.08. The third kappa shape index (κ3) is 5.16. The van der Waals surface area contributed by atoms with Gasteiger partial charge in [0.05, 0.1) is 22.8 Å². The highest BCUT2D eigenvalue weighted by atomic mass is 35.5. The fraction of sp³-hybridized carbons (Fsp3) is 0.190. The van der Waals surface area contributed by atoms with Crippen LogP contribution >= 0.6 is 11.6 Å². The second kappa shape index (κ2) is 8.58. The van der Waals surface area contributed by atoms with Crippen LogP contribution in [0.5, 0.6) is 0 Å². The Balaban J connectivity index is 1.78. The predicted octanol–water partition coefficient (Wildman–Crippen LogP) is 5.57. The van der Waals surface area contributed by atoms with E-state index in [0.29, 0.717) is 11.1 Å². The molecule has 10 heteroatoms. The van der Waals surface area contributed by atoms with Gasteiger partial charge in [-0.05, 0) is 42.8 Å². The van der Waals surface area contributed by atoms with E-state index in [4.69, 9.17) is 11.6 Å². The van der Waals surface area contributed by atoms with E-state index in [1.807, 2.05) is 0 Å². The molecule has 1 unspecified atom stereocenters. The average molecular weight is 456 g/mol. The van der Waals surface area contributed by atoms with Gasteiger partial charge in [-0.3, -0.25) is 14.8 Å². The first kappa shape index (κ1) is 22.6. The third-order valence-corrected chi connectivity index (χ3v) is 4.70. The number of rotatable bonds is 5. The number of hydrogen-bond acceptors (Lipinski definition) is 3. The number of nitrogens with zero attached hydrogens (tertiary/aromatic N) is 2. The average Bonchev–Trinajstić information content (AvgIpc) is 2.71. The number of pyridine rings is 2. The largest absolute Gasteiger partial charge is 0.434 e. The Labute approximate surface area is 179 Å². The van der Waals surface area contributed by atoms with E-state index in [0.717, 1.165) is 19.2 Å². The van der Waals surface area contributed by atoms with Crippen molar-refractivity contribution in [1.29, 1.82) is 0 Å². The number of alkyl halides is 4. The second-order valence-electron chi connectivity index (χ2n) is 6.84. The van der Waals surface area contributed by atoms with Crippen LogP contribution in [0.4, 0.5) is 22.0 Å². The highest BCUT2D eigenvalue weighted by Crippen LogP contribution is 2.33. The lowest BCUT2D eigenvalue weighted by Crippen LogP contribution is -2.37. The maximum Gasteiger partial charge on any atom is 0.434 e. The molecular weight excluding hydrogens is 441 g/mol. The molecule has 3 rings (SSSR count). The molecule has 1 atom stereocenters. The SMILES string of the molecule is CC(F)(CNC(=O)c1cccnc1C(F)(F)F)c1ncc(-c2ccc(F)cc2)cc1Cl. The van der Waals surface area contributed by atoms with Crippen LogP contribution in [0.2, 0.25) is 5.02 Å². The summed E-state index contributed by atoms with van der Waals surface area (Å²) in [6.07, 6.45) is -2.60. The van der Waals surface area contributed by atoms with Gasteiger partial charge in [0.2, 0.25) is 0 Å². The van der Waals surface area contributed by atoms with Gasteiger partial charge >= 0.3 is 6.18 Å². The van der Waals surface area contributed by atoms with E-state index < -0.39 is 41.4 Å². The Hall–Kier alpha value is -3.07. The van der Waals surface area contributed by atoms with Crippen molar-refractivity contribution in [3.05, 3.63) is 82.6 Å². The standard InChI is InChI=1S/C21H15ClF5N3O/c1-20(24,11-30-19(31)15-3-2-8-28-17(15)21(25,26)27)18-16(22)9-13(10-29-18)12-4-6-14(23)7-5-12/h2-10H,11H2,1H3,(H,30,31). The summed E-state index contributed by atoms with van der Waals surface area (Å²) in [6.45, 7) is 0.410. The minimum atomic E-state index is -4.84. The fourth-order valence-electron chi connectivity index (χ4n) is 2.86. The number of nitrogens with one attached hydrogen (secondary N) is 1. The number of aromatic nitrogens is 2. The molecule has 4 nitrogen and oxygen atoms in total. The molecule has 2 aromatic heterocycles. The minimum Gasteiger partial charge on any atom is -0.348 e. The predicted molar refractivity (Wildman–Crippen MR) is 105 cm³/mol. The number of halogens is 6. The van der Waals surface area contributed by atoms with E-state index in [2.05, 4.69) is 15.3 Å². The molecule has 0 spiro atoms. The lowest BCUT2D eigenvalue weighted by molar-refractivity contribution is -0.141. The zero-order valence-electron chi connectivity index (χ0n) is 16.0. The quantitative estimate of drug-likeness (QED) is 0.512. The molecule has 31 heavy (non-hydrogen) atoms. The highest BCUT2D eigenvalue weighted by Gasteiger charge is 2.38. The van der Waals surface area contributed by atoms with Gasteiger partial charge in [0.15, 0.2) is 11.4 Å². The van der Waals surface area contributed by atoms with Crippen molar-refractivity contribution >= 4 is 17.5 Å². The molecule has 162 valence electrons. The van der Waals surface area contributed by atoms with Crippen LogP contribution in [0, 0.1) is 5.82 Å². The molecule has 1 N–H and O–H groups in total. The van der Waals surface area contributed by atoms with E-state index in [9.17, 15) is 22.4 Å². The molecule has 0 saturated carbocycles. The molecule has 1 amide bonds. The second-order valence-corrected chi connectivity index (χ2v) is 7.25. The molecule has 0 aliphatic carbocycles. The molecule has 0 aliphatic heterocycles. The molecule has 0 radical (unpaired) electrons. The normalized spacial score (nSPS) is 13.5. The number of benzene rings is 1. The van der Waals surface area contributed by atoms with Gasteiger partial charge in [0.1, 0.15) is 5.82 Å². The Morgan fingerprint density at radius 1 is 1.03 bits per heavy atom. The molecule has 0 saturated heterocycles. The summed E-state index contributed by atoms with van der Waals surface area (Å²) in [4.78, 5) is 19.4. The maximum absolute atomic E-state index is 15.2. The van der Waals surface area contributed by atoms with E-state index in [-0.39, 0.29) is 10.7 Å². The first-order valence-corrected chi connectivity index (χ1v) is 9.28. The summed E-state index contributed by atoms with van der Waals surface area (Å²) in [7, 11) is 0. The van der Waals surface area contributed by atoms with Crippen LogP contribution in [0.3, 0.4) is 0 Å². The maximum atomic E-state index is 15.2. The van der Waals surface area contributed by atoms with Gasteiger partial charge in [-0.25, -0.2) is 8.78 Å². The van der Waals surface area contributed by atoms with Crippen LogP contribution < -0.4 is 5.32 Å². The lowest BCUT2D eigenvalue weighted by atomic mass is 10.0. The number of amides is 1. The summed E-state index contributed by atoms with van der Waals surface area (Å²) >= 11 is 6.16. The number of carbonyl (C=O) groups excluding carboxylic acids is 1. The summed E-state index contributed by atoms with van der Waals surface area (Å²) < 4.78 is 67.4. The van der Waals surface area contributed by atoms with Crippen molar-refractivity contribution < 1.29 is 26.7 Å². The minimum absolute atomic E-state index is 0.0570. The summed E-state index contributed by atoms with van der Waals surface area (Å²) in [6, 6.07) is 9.06. The summed E-state index contributed by atoms with van der Waals surface area (Å²) in [5.74, 6) is -1.56. The molecule has 1 aromatic carbocycles. The Morgan fingerprint density at radius 2 is 1.71 bits per heavy atom. The van der Waals surface area contributed by atoms with Crippen LogP contribution in [0.15, 0.2) is 54.9 Å². The Morgan fingerprint density at radius 3 is 2.32 bits per heavy atom. The van der Waals surface area contributed by atoms with Crippen LogP contribution in [-0.4, -0.2) is 22.4 Å². The van der Waals surface area contributed by atoms with E-state index >= 15 is 4.39 Å². The van der Waals surface area contributed by atoms with Crippen molar-refractivity contribution in [2.45, 2.75) is 18.8 Å². The van der Waals surface area contributed by atoms with Gasteiger partial charge in [0.25, 0.3) is 5.91 Å². The molecule has 3 aromatic rings. The molecule has 0 bridgehead atoms. The Kier molecular flexibility index (Phi) is 6.26. The Bertz CT molecular complexity index is 1100. The zero-order chi connectivity index (χ0) is 22.8. The first-order chi connectivity index (χ1) is 14.5. The van der Waals surface area contributed by atoms with E-state index in [1.54, 1.807) is 0 Å². The van der Waals surface area contributed by atoms with Crippen LogP contribution in [0.1, 0.15) is 28.7 Å². The van der Waals surface area contributed by atoms with Gasteiger partial charge in [-0.1, -0.05) is 23.7 Å². The fourth-order valence-corrected chi connectivity index (χ4v) is 3.22. The summed E-state index contributed by atoms with van der Waals surface area (Å²) in [5.41, 5.74) is -3.47. The van der Waals surface area contributed by atoms with Crippen LogP contribution in [0.25, 0.3) is 11.1 Å². The van der Waals surface area contributed by atoms with Crippen molar-refractivity contribution in [2.24, 2.45) is 0 Å². The lowest BCUT2D eigenvalue weighted by Gasteiger charge is -2.22. The number of hydrogen-bond donors (Lipinski definition) is 1. The van der Waals surface area contributed by atoms with E-state index in [1.165, 1.54) is 42.6 Å². The molecule has 0 fully saturated rings. The smallest absolute Gasteiger partial charge is 0.348 e. The van der Waals surface area contributed by atoms with Crippen molar-refractivity contribution in [2.75, 3.05) is 6.54 Å². The monoisotopic (exact) mass is 455 g/mol. The molecule has 2 heterocycles. The highest BCUT2D eigenvalue weighted by molar-refractivity contribution is 6.31. The zero-order valence-corrected chi connectivity index (χ0v) is 16.7.